The predicted molar refractivity (Wildman–Crippen MR) is 91.0 cm³/mol. The lowest BCUT2D eigenvalue weighted by atomic mass is 10.1. The zero-order valence-corrected chi connectivity index (χ0v) is 15.1. The summed E-state index contributed by atoms with van der Waals surface area (Å²) in [5, 5.41) is 11.7. The van der Waals surface area contributed by atoms with E-state index in [-0.39, 0.29) is 17.7 Å². The highest BCUT2D eigenvalue weighted by Crippen LogP contribution is 2.20. The second-order valence-corrected chi connectivity index (χ2v) is 6.47. The van der Waals surface area contributed by atoms with Crippen LogP contribution in [0.4, 0.5) is 0 Å². The van der Waals surface area contributed by atoms with Crippen molar-refractivity contribution in [3.8, 4) is 0 Å². The Morgan fingerprint density at radius 2 is 2.25 bits per heavy atom. The lowest BCUT2D eigenvalue weighted by Crippen LogP contribution is -2.39. The summed E-state index contributed by atoms with van der Waals surface area (Å²) in [6, 6.07) is 5.59. The zero-order chi connectivity index (χ0) is 15.3. The van der Waals surface area contributed by atoms with E-state index in [1.807, 2.05) is 26.0 Å². The van der Waals surface area contributed by atoms with Crippen LogP contribution in [0, 0.1) is 9.49 Å². The highest BCUT2D eigenvalue weighted by Gasteiger charge is 2.20. The van der Waals surface area contributed by atoms with Crippen molar-refractivity contribution in [3.05, 3.63) is 31.8 Å². The van der Waals surface area contributed by atoms with Crippen molar-refractivity contribution in [1.29, 1.82) is 0 Å². The monoisotopic (exact) mass is 453 g/mol. The van der Waals surface area contributed by atoms with E-state index in [0.717, 1.165) is 8.04 Å². The summed E-state index contributed by atoms with van der Waals surface area (Å²) in [4.78, 5) is 14.2. The number of hydrogen-bond acceptors (Lipinski definition) is 3. The van der Waals surface area contributed by atoms with Crippen LogP contribution in [0.2, 0.25) is 0 Å². The third kappa shape index (κ3) is 4.34. The molecule has 1 unspecified atom stereocenters. The fourth-order valence-corrected chi connectivity index (χ4v) is 2.64. The molecule has 0 fully saturated rings. The Labute approximate surface area is 140 Å². The number of oxime groups is 1. The Hall–Kier alpha value is -0.830. The second kappa shape index (κ2) is 7.82. The molecule has 0 aliphatic heterocycles. The van der Waals surface area contributed by atoms with Crippen LogP contribution in [0.25, 0.3) is 0 Å². The van der Waals surface area contributed by atoms with Gasteiger partial charge in [-0.25, -0.2) is 0 Å². The largest absolute Gasteiger partial charge is 0.409 e. The van der Waals surface area contributed by atoms with Crippen LogP contribution in [0.15, 0.2) is 27.8 Å². The SMILES string of the molecule is CCN(CC(C)/C(N)=N/O)C(=O)c1cc(Br)ccc1I. The standard InChI is InChI=1S/C13H17BrIN3O2/c1-3-18(7-8(2)12(16)17-20)13(19)10-6-9(14)4-5-11(10)15/h4-6,8,20H,3,7H2,1-2H3,(H2,16,17). The van der Waals surface area contributed by atoms with Crippen LogP contribution in [0.1, 0.15) is 24.2 Å². The first-order chi connectivity index (χ1) is 9.40. The maximum Gasteiger partial charge on any atom is 0.254 e. The third-order valence-corrected chi connectivity index (χ3v) is 4.38. The van der Waals surface area contributed by atoms with Crippen molar-refractivity contribution in [2.75, 3.05) is 13.1 Å². The molecule has 0 saturated carbocycles. The maximum absolute atomic E-state index is 12.6. The topological polar surface area (TPSA) is 78.9 Å². The van der Waals surface area contributed by atoms with Gasteiger partial charge in [0.1, 0.15) is 5.84 Å². The molecule has 1 aromatic rings. The van der Waals surface area contributed by atoms with Crippen LogP contribution < -0.4 is 5.73 Å². The van der Waals surface area contributed by atoms with Crippen molar-refractivity contribution >= 4 is 50.3 Å². The normalized spacial score (nSPS) is 13.1. The van der Waals surface area contributed by atoms with Crippen molar-refractivity contribution in [3.63, 3.8) is 0 Å². The molecule has 20 heavy (non-hydrogen) atoms. The lowest BCUT2D eigenvalue weighted by molar-refractivity contribution is 0.0752. The molecule has 7 heteroatoms. The highest BCUT2D eigenvalue weighted by atomic mass is 127. The molecule has 3 N–H and O–H groups in total. The summed E-state index contributed by atoms with van der Waals surface area (Å²) in [7, 11) is 0. The first kappa shape index (κ1) is 17.2. The van der Waals surface area contributed by atoms with Crippen molar-refractivity contribution in [2.45, 2.75) is 13.8 Å². The van der Waals surface area contributed by atoms with Gasteiger partial charge in [-0.3, -0.25) is 4.79 Å². The number of benzene rings is 1. The molecule has 0 aliphatic carbocycles. The molecule has 0 spiro atoms. The number of rotatable bonds is 5. The smallest absolute Gasteiger partial charge is 0.254 e. The Balaban J connectivity index is 2.95. The average molecular weight is 454 g/mol. The fraction of sp³-hybridized carbons (Fsp3) is 0.385. The molecule has 0 aliphatic rings. The predicted octanol–water partition coefficient (Wildman–Crippen LogP) is 2.90. The molecule has 110 valence electrons. The minimum Gasteiger partial charge on any atom is -0.409 e. The van der Waals surface area contributed by atoms with Gasteiger partial charge in [-0.05, 0) is 47.7 Å². The van der Waals surface area contributed by atoms with Gasteiger partial charge in [-0.15, -0.1) is 0 Å². The Bertz CT molecular complexity index is 522. The van der Waals surface area contributed by atoms with Crippen LogP contribution in [0.5, 0.6) is 0 Å². The summed E-state index contributed by atoms with van der Waals surface area (Å²) in [5.41, 5.74) is 6.21. The van der Waals surface area contributed by atoms with Crippen LogP contribution in [0.3, 0.4) is 0 Å². The number of hydrogen-bond donors (Lipinski definition) is 2. The number of nitrogens with zero attached hydrogens (tertiary/aromatic N) is 2. The molecule has 5 nitrogen and oxygen atoms in total. The van der Waals surface area contributed by atoms with E-state index in [9.17, 15) is 4.79 Å². The summed E-state index contributed by atoms with van der Waals surface area (Å²) in [6.45, 7) is 4.69. The zero-order valence-electron chi connectivity index (χ0n) is 11.3. The number of amides is 1. The Morgan fingerprint density at radius 3 is 2.80 bits per heavy atom. The van der Waals surface area contributed by atoms with E-state index in [1.165, 1.54) is 0 Å². The molecule has 0 heterocycles. The fourth-order valence-electron chi connectivity index (χ4n) is 1.71. The van der Waals surface area contributed by atoms with Gasteiger partial charge >= 0.3 is 0 Å². The van der Waals surface area contributed by atoms with Crippen LogP contribution in [-0.2, 0) is 0 Å². The average Bonchev–Trinajstić information content (AvgIpc) is 2.45. The summed E-state index contributed by atoms with van der Waals surface area (Å²) >= 11 is 5.51. The minimum absolute atomic E-state index is 0.0595. The van der Waals surface area contributed by atoms with E-state index in [0.29, 0.717) is 18.7 Å². The van der Waals surface area contributed by atoms with Gasteiger partial charge in [0.2, 0.25) is 0 Å². The molecule has 1 aromatic carbocycles. The van der Waals surface area contributed by atoms with Gasteiger partial charge in [0.05, 0.1) is 5.56 Å². The molecule has 0 bridgehead atoms. The second-order valence-electron chi connectivity index (χ2n) is 4.39. The molecule has 1 atom stereocenters. The number of carbonyl (C=O) groups excluding carboxylic acids is 1. The molecular weight excluding hydrogens is 437 g/mol. The molecular formula is C13H17BrIN3O2. The number of nitrogens with two attached hydrogens (primary N) is 1. The van der Waals surface area contributed by atoms with Gasteiger partial charge < -0.3 is 15.8 Å². The first-order valence-corrected chi connectivity index (χ1v) is 7.99. The van der Waals surface area contributed by atoms with Crippen molar-refractivity contribution < 1.29 is 10.0 Å². The van der Waals surface area contributed by atoms with E-state index < -0.39 is 0 Å². The minimum atomic E-state index is -0.200. The molecule has 0 saturated heterocycles. The Kier molecular flexibility index (Phi) is 6.74. The van der Waals surface area contributed by atoms with Gasteiger partial charge in [0.15, 0.2) is 0 Å². The van der Waals surface area contributed by atoms with Crippen LogP contribution in [-0.4, -0.2) is 34.9 Å². The number of halogens is 2. The van der Waals surface area contributed by atoms with Gasteiger partial charge in [-0.1, -0.05) is 28.0 Å². The summed E-state index contributed by atoms with van der Waals surface area (Å²) < 4.78 is 1.76. The molecule has 1 rings (SSSR count). The first-order valence-electron chi connectivity index (χ1n) is 6.12. The lowest BCUT2D eigenvalue weighted by Gasteiger charge is -2.24. The van der Waals surface area contributed by atoms with Gasteiger partial charge in [0, 0.05) is 27.1 Å². The molecule has 1 amide bonds. The summed E-state index contributed by atoms with van der Waals surface area (Å²) in [5.74, 6) is -0.135. The number of amidine groups is 1. The van der Waals surface area contributed by atoms with E-state index in [4.69, 9.17) is 10.9 Å². The van der Waals surface area contributed by atoms with Crippen LogP contribution >= 0.6 is 38.5 Å². The quantitative estimate of drug-likeness (QED) is 0.236. The van der Waals surface area contributed by atoms with Gasteiger partial charge in [0.25, 0.3) is 5.91 Å². The van der Waals surface area contributed by atoms with E-state index in [1.54, 1.807) is 11.0 Å². The molecule has 0 aromatic heterocycles. The summed E-state index contributed by atoms with van der Waals surface area (Å²) in [6.07, 6.45) is 0. The van der Waals surface area contributed by atoms with Gasteiger partial charge in [-0.2, -0.15) is 0 Å². The van der Waals surface area contributed by atoms with Crippen molar-refractivity contribution in [2.24, 2.45) is 16.8 Å². The third-order valence-electron chi connectivity index (χ3n) is 2.94. The van der Waals surface area contributed by atoms with E-state index in [2.05, 4.69) is 43.7 Å². The maximum atomic E-state index is 12.6. The Morgan fingerprint density at radius 1 is 1.60 bits per heavy atom. The number of carbonyl (C=O) groups is 1. The highest BCUT2D eigenvalue weighted by molar-refractivity contribution is 14.1. The van der Waals surface area contributed by atoms with E-state index >= 15 is 0 Å². The molecule has 0 radical (unpaired) electrons. The van der Waals surface area contributed by atoms with Crippen molar-refractivity contribution in [1.82, 2.24) is 4.90 Å².